The van der Waals surface area contributed by atoms with E-state index in [2.05, 4.69) is 5.32 Å². The summed E-state index contributed by atoms with van der Waals surface area (Å²) in [5.41, 5.74) is -0.612. The average Bonchev–Trinajstić information content (AvgIpc) is 2.66. The molecule has 154 valence electrons. The van der Waals surface area contributed by atoms with Crippen LogP contribution in [-0.2, 0) is 11.0 Å². The Morgan fingerprint density at radius 2 is 1.86 bits per heavy atom. The predicted molar refractivity (Wildman–Crippen MR) is 102 cm³/mol. The Bertz CT molecular complexity index is 921. The number of benzene rings is 2. The lowest BCUT2D eigenvalue weighted by Crippen LogP contribution is -2.23. The Kier molecular flexibility index (Phi) is 6.93. The fourth-order valence-electron chi connectivity index (χ4n) is 2.45. The highest BCUT2D eigenvalue weighted by Crippen LogP contribution is 2.37. The molecule has 0 fully saturated rings. The van der Waals surface area contributed by atoms with Crippen LogP contribution in [0, 0.1) is 11.3 Å². The minimum Gasteiger partial charge on any atom is -0.490 e. The molecule has 0 unspecified atom stereocenters. The van der Waals surface area contributed by atoms with E-state index in [1.807, 2.05) is 6.07 Å². The van der Waals surface area contributed by atoms with Gasteiger partial charge in [0, 0.05) is 25.8 Å². The van der Waals surface area contributed by atoms with Gasteiger partial charge in [0.05, 0.1) is 29.5 Å². The molecule has 0 aliphatic heterocycles. The summed E-state index contributed by atoms with van der Waals surface area (Å²) < 4.78 is 50.8. The molecule has 0 heterocycles. The number of nitrogens with zero attached hydrogens (tertiary/aromatic N) is 2. The van der Waals surface area contributed by atoms with Crippen molar-refractivity contribution in [2.45, 2.75) is 13.1 Å². The minimum atomic E-state index is -4.63. The van der Waals surface area contributed by atoms with Gasteiger partial charge in [-0.1, -0.05) is 0 Å². The zero-order valence-corrected chi connectivity index (χ0v) is 16.1. The quantitative estimate of drug-likeness (QED) is 0.749. The summed E-state index contributed by atoms with van der Waals surface area (Å²) in [5.74, 6) is -0.287. The van der Waals surface area contributed by atoms with Crippen molar-refractivity contribution in [1.29, 1.82) is 5.26 Å². The zero-order valence-electron chi connectivity index (χ0n) is 16.1. The Morgan fingerprint density at radius 1 is 1.14 bits per heavy atom. The summed E-state index contributed by atoms with van der Waals surface area (Å²) in [6.07, 6.45) is -4.63. The van der Waals surface area contributed by atoms with Crippen molar-refractivity contribution >= 4 is 17.3 Å². The van der Waals surface area contributed by atoms with E-state index < -0.39 is 24.3 Å². The number of alkyl halides is 3. The monoisotopic (exact) mass is 407 g/mol. The van der Waals surface area contributed by atoms with Crippen LogP contribution in [-0.4, -0.2) is 33.2 Å². The van der Waals surface area contributed by atoms with E-state index in [0.717, 1.165) is 6.07 Å². The molecule has 0 saturated carbocycles. The molecule has 29 heavy (non-hydrogen) atoms. The molecule has 2 rings (SSSR count). The van der Waals surface area contributed by atoms with Crippen LogP contribution in [0.2, 0.25) is 0 Å². The molecule has 0 spiro atoms. The van der Waals surface area contributed by atoms with Gasteiger partial charge in [0.15, 0.2) is 18.1 Å². The maximum Gasteiger partial charge on any atom is 0.418 e. The maximum absolute atomic E-state index is 13.4. The number of hydrogen-bond acceptors (Lipinski definition) is 5. The van der Waals surface area contributed by atoms with Crippen molar-refractivity contribution < 1.29 is 27.4 Å². The lowest BCUT2D eigenvalue weighted by molar-refractivity contribution is -0.137. The van der Waals surface area contributed by atoms with Gasteiger partial charge in [-0.2, -0.15) is 18.4 Å². The number of anilines is 2. The second-order valence-electron chi connectivity index (χ2n) is 6.17. The molecule has 2 aromatic carbocycles. The summed E-state index contributed by atoms with van der Waals surface area (Å²) in [6, 6.07) is 9.99. The fourth-order valence-corrected chi connectivity index (χ4v) is 2.45. The van der Waals surface area contributed by atoms with E-state index in [9.17, 15) is 18.0 Å². The van der Waals surface area contributed by atoms with Crippen LogP contribution >= 0.6 is 0 Å². The molecule has 0 aromatic heterocycles. The molecule has 0 bridgehead atoms. The molecule has 9 heteroatoms. The van der Waals surface area contributed by atoms with Crippen molar-refractivity contribution in [2.24, 2.45) is 0 Å². The van der Waals surface area contributed by atoms with Crippen molar-refractivity contribution in [3.8, 4) is 17.6 Å². The highest BCUT2D eigenvalue weighted by atomic mass is 19.4. The second-order valence-corrected chi connectivity index (χ2v) is 6.17. The van der Waals surface area contributed by atoms with Crippen LogP contribution in [0.1, 0.15) is 18.1 Å². The van der Waals surface area contributed by atoms with Crippen molar-refractivity contribution in [3.05, 3.63) is 47.5 Å². The van der Waals surface area contributed by atoms with Gasteiger partial charge in [-0.05, 0) is 37.3 Å². The average molecular weight is 407 g/mol. The maximum atomic E-state index is 13.4. The number of nitrogens with one attached hydrogen (secondary N) is 1. The fraction of sp³-hybridized carbons (Fsp3) is 0.300. The first-order chi connectivity index (χ1) is 13.7. The lowest BCUT2D eigenvalue weighted by Gasteiger charge is -2.19. The first-order valence-electron chi connectivity index (χ1n) is 8.64. The third kappa shape index (κ3) is 5.78. The van der Waals surface area contributed by atoms with E-state index in [0.29, 0.717) is 17.9 Å². The first-order valence-corrected chi connectivity index (χ1v) is 8.64. The molecular formula is C20H20F3N3O3. The number of hydrogen-bond donors (Lipinski definition) is 1. The molecule has 0 atom stereocenters. The number of nitriles is 1. The van der Waals surface area contributed by atoms with Gasteiger partial charge in [-0.25, -0.2) is 0 Å². The van der Waals surface area contributed by atoms with Crippen molar-refractivity contribution in [1.82, 2.24) is 0 Å². The van der Waals surface area contributed by atoms with Crippen LogP contribution in [0.25, 0.3) is 0 Å². The molecule has 1 amide bonds. The number of halogens is 3. The van der Waals surface area contributed by atoms with Crippen LogP contribution in [0.5, 0.6) is 11.5 Å². The van der Waals surface area contributed by atoms with Gasteiger partial charge >= 0.3 is 6.18 Å². The first kappa shape index (κ1) is 21.9. The summed E-state index contributed by atoms with van der Waals surface area (Å²) in [6.45, 7) is 1.52. The Morgan fingerprint density at radius 3 is 2.45 bits per heavy atom. The lowest BCUT2D eigenvalue weighted by atomic mass is 10.1. The Labute approximate surface area is 166 Å². The summed E-state index contributed by atoms with van der Waals surface area (Å²) in [5, 5.41) is 11.2. The standard InChI is InChI=1S/C20H20F3N3O3/c1-4-28-18-9-13(11-24)5-8-17(18)29-12-19(27)25-16-7-6-14(26(2)3)10-15(16)20(21,22)23/h5-10H,4,12H2,1-3H3,(H,25,27). The van der Waals surface area contributed by atoms with Gasteiger partial charge < -0.3 is 19.7 Å². The van der Waals surface area contributed by atoms with E-state index in [1.54, 1.807) is 21.0 Å². The summed E-state index contributed by atoms with van der Waals surface area (Å²) in [4.78, 5) is 13.7. The van der Waals surface area contributed by atoms with E-state index in [4.69, 9.17) is 14.7 Å². The van der Waals surface area contributed by atoms with Gasteiger partial charge in [0.1, 0.15) is 0 Å². The molecule has 6 nitrogen and oxygen atoms in total. The number of ether oxygens (including phenoxy) is 2. The molecule has 0 aliphatic rings. The topological polar surface area (TPSA) is 74.6 Å². The van der Waals surface area contributed by atoms with Crippen LogP contribution in [0.15, 0.2) is 36.4 Å². The van der Waals surface area contributed by atoms with Crippen molar-refractivity contribution in [2.75, 3.05) is 37.5 Å². The molecule has 0 saturated heterocycles. The molecule has 0 aliphatic carbocycles. The van der Waals surface area contributed by atoms with Gasteiger partial charge in [-0.15, -0.1) is 0 Å². The Balaban J connectivity index is 2.15. The SMILES string of the molecule is CCOc1cc(C#N)ccc1OCC(=O)Nc1ccc(N(C)C)cc1C(F)(F)F. The van der Waals surface area contributed by atoms with E-state index in [-0.39, 0.29) is 17.2 Å². The van der Waals surface area contributed by atoms with Crippen LogP contribution in [0.4, 0.5) is 24.5 Å². The zero-order chi connectivity index (χ0) is 21.6. The van der Waals surface area contributed by atoms with Gasteiger partial charge in [-0.3, -0.25) is 4.79 Å². The van der Waals surface area contributed by atoms with Gasteiger partial charge in [0.25, 0.3) is 5.91 Å². The van der Waals surface area contributed by atoms with E-state index >= 15 is 0 Å². The third-order valence-corrected chi connectivity index (χ3v) is 3.83. The molecular weight excluding hydrogens is 387 g/mol. The number of amides is 1. The smallest absolute Gasteiger partial charge is 0.418 e. The minimum absolute atomic E-state index is 0.208. The predicted octanol–water partition coefficient (Wildman–Crippen LogP) is 4.06. The molecule has 1 N–H and O–H groups in total. The van der Waals surface area contributed by atoms with Crippen molar-refractivity contribution in [3.63, 3.8) is 0 Å². The van der Waals surface area contributed by atoms with Crippen LogP contribution in [0.3, 0.4) is 0 Å². The Hall–Kier alpha value is -3.41. The van der Waals surface area contributed by atoms with Crippen LogP contribution < -0.4 is 19.7 Å². The third-order valence-electron chi connectivity index (χ3n) is 3.83. The summed E-state index contributed by atoms with van der Waals surface area (Å²) in [7, 11) is 3.24. The largest absolute Gasteiger partial charge is 0.490 e. The number of carbonyl (C=O) groups excluding carboxylic acids is 1. The highest BCUT2D eigenvalue weighted by Gasteiger charge is 2.34. The van der Waals surface area contributed by atoms with Gasteiger partial charge in [0.2, 0.25) is 0 Å². The normalized spacial score (nSPS) is 10.8. The number of carbonyl (C=O) groups is 1. The second kappa shape index (κ2) is 9.19. The number of rotatable bonds is 7. The molecule has 0 radical (unpaired) electrons. The highest BCUT2D eigenvalue weighted by molar-refractivity contribution is 5.93. The van der Waals surface area contributed by atoms with E-state index in [1.165, 1.54) is 35.2 Å². The molecule has 2 aromatic rings. The summed E-state index contributed by atoms with van der Waals surface area (Å²) >= 11 is 0.